The first-order valence-corrected chi connectivity index (χ1v) is 11.4. The summed E-state index contributed by atoms with van der Waals surface area (Å²) >= 11 is 0. The van der Waals surface area contributed by atoms with Gasteiger partial charge in [0.1, 0.15) is 5.58 Å². The molecule has 1 aromatic carbocycles. The molecule has 1 N–H and O–H groups in total. The number of carbonyl (C=O) groups excluding carboxylic acids is 1. The van der Waals surface area contributed by atoms with E-state index in [2.05, 4.69) is 11.4 Å². The Morgan fingerprint density at radius 2 is 2.00 bits per heavy atom. The van der Waals surface area contributed by atoms with E-state index in [1.807, 2.05) is 11.0 Å². The third kappa shape index (κ3) is 4.12. The zero-order valence-electron chi connectivity index (χ0n) is 15.9. The van der Waals surface area contributed by atoms with Crippen LogP contribution in [-0.4, -0.2) is 50.4 Å². The minimum atomic E-state index is -3.03. The van der Waals surface area contributed by atoms with Crippen LogP contribution >= 0.6 is 0 Å². The fourth-order valence-electron chi connectivity index (χ4n) is 4.20. The van der Waals surface area contributed by atoms with Crippen molar-refractivity contribution in [2.24, 2.45) is 0 Å². The van der Waals surface area contributed by atoms with E-state index in [-0.39, 0.29) is 30.0 Å². The normalized spacial score (nSPS) is 20.6. The second-order valence-corrected chi connectivity index (χ2v) is 10.1. The third-order valence-corrected chi connectivity index (χ3v) is 7.26. The summed E-state index contributed by atoms with van der Waals surface area (Å²) in [5.41, 5.74) is 3.57. The number of hydrogen-bond donors (Lipinski definition) is 1. The molecular weight excluding hydrogens is 380 g/mol. The minimum absolute atomic E-state index is 0.0118. The Bertz CT molecular complexity index is 1090. The molecule has 2 aromatic rings. The molecule has 7 nitrogen and oxygen atoms in total. The minimum Gasteiger partial charge on any atom is -0.423 e. The molecule has 150 valence electrons. The Labute approximate surface area is 163 Å². The van der Waals surface area contributed by atoms with E-state index < -0.39 is 15.5 Å². The lowest BCUT2D eigenvalue weighted by Crippen LogP contribution is -2.41. The quantitative estimate of drug-likeness (QED) is 0.748. The highest BCUT2D eigenvalue weighted by Crippen LogP contribution is 2.28. The van der Waals surface area contributed by atoms with E-state index in [0.717, 1.165) is 30.2 Å². The Balaban J connectivity index is 1.47. The van der Waals surface area contributed by atoms with Crippen LogP contribution in [0, 0.1) is 0 Å². The molecule has 0 radical (unpaired) electrons. The molecule has 1 saturated heterocycles. The SMILES string of the molecule is CN(CC(=O)NC1CCS(=O)(=O)C1)Cc1cc(=O)oc2cc3c(cc12)CCC3. The van der Waals surface area contributed by atoms with Crippen molar-refractivity contribution in [3.8, 4) is 0 Å². The number of aryl methyl sites for hydroxylation is 2. The highest BCUT2D eigenvalue weighted by molar-refractivity contribution is 7.91. The second-order valence-electron chi connectivity index (χ2n) is 7.90. The van der Waals surface area contributed by atoms with Gasteiger partial charge < -0.3 is 9.73 Å². The van der Waals surface area contributed by atoms with Crippen molar-refractivity contribution in [2.45, 2.75) is 38.3 Å². The number of carbonyl (C=O) groups is 1. The Hall–Kier alpha value is -2.19. The Kier molecular flexibility index (Phi) is 5.01. The van der Waals surface area contributed by atoms with Gasteiger partial charge in [0.25, 0.3) is 0 Å². The highest BCUT2D eigenvalue weighted by Gasteiger charge is 2.29. The van der Waals surface area contributed by atoms with Gasteiger partial charge in [-0.25, -0.2) is 13.2 Å². The molecule has 1 fully saturated rings. The molecule has 4 rings (SSSR count). The van der Waals surface area contributed by atoms with E-state index in [4.69, 9.17) is 4.42 Å². The number of amides is 1. The highest BCUT2D eigenvalue weighted by atomic mass is 32.2. The van der Waals surface area contributed by atoms with Gasteiger partial charge in [-0.2, -0.15) is 0 Å². The molecule has 1 aliphatic carbocycles. The number of fused-ring (bicyclic) bond motifs is 2. The van der Waals surface area contributed by atoms with Gasteiger partial charge in [-0.3, -0.25) is 9.69 Å². The summed E-state index contributed by atoms with van der Waals surface area (Å²) in [4.78, 5) is 26.1. The molecule has 0 spiro atoms. The van der Waals surface area contributed by atoms with Gasteiger partial charge >= 0.3 is 5.63 Å². The fraction of sp³-hybridized carbons (Fsp3) is 0.500. The lowest BCUT2D eigenvalue weighted by molar-refractivity contribution is -0.122. The fourth-order valence-corrected chi connectivity index (χ4v) is 5.87. The first kappa shape index (κ1) is 19.1. The number of hydrogen-bond acceptors (Lipinski definition) is 6. The molecule has 28 heavy (non-hydrogen) atoms. The number of benzene rings is 1. The van der Waals surface area contributed by atoms with E-state index in [1.54, 1.807) is 7.05 Å². The van der Waals surface area contributed by atoms with Crippen molar-refractivity contribution >= 4 is 26.7 Å². The van der Waals surface area contributed by atoms with Gasteiger partial charge in [0.05, 0.1) is 18.1 Å². The van der Waals surface area contributed by atoms with Crippen LogP contribution in [0.25, 0.3) is 11.0 Å². The van der Waals surface area contributed by atoms with Crippen molar-refractivity contribution in [3.63, 3.8) is 0 Å². The lowest BCUT2D eigenvalue weighted by Gasteiger charge is -2.19. The van der Waals surface area contributed by atoms with E-state index >= 15 is 0 Å². The largest absolute Gasteiger partial charge is 0.423 e. The van der Waals surface area contributed by atoms with Crippen molar-refractivity contribution in [1.82, 2.24) is 10.2 Å². The van der Waals surface area contributed by atoms with Crippen LogP contribution in [-0.2, 0) is 34.0 Å². The molecule has 2 aliphatic rings. The first-order chi connectivity index (χ1) is 13.3. The molecular formula is C20H24N2O5S. The van der Waals surface area contributed by atoms with Crippen molar-refractivity contribution in [1.29, 1.82) is 0 Å². The molecule has 1 amide bonds. The molecule has 1 aliphatic heterocycles. The molecule has 0 bridgehead atoms. The van der Waals surface area contributed by atoms with Crippen LogP contribution in [0.1, 0.15) is 29.5 Å². The molecule has 1 atom stereocenters. The maximum Gasteiger partial charge on any atom is 0.336 e. The van der Waals surface area contributed by atoms with E-state index in [1.165, 1.54) is 17.2 Å². The molecule has 8 heteroatoms. The summed E-state index contributed by atoms with van der Waals surface area (Å²) in [6.07, 6.45) is 3.62. The second kappa shape index (κ2) is 7.33. The van der Waals surface area contributed by atoms with E-state index in [9.17, 15) is 18.0 Å². The molecule has 1 aromatic heterocycles. The summed E-state index contributed by atoms with van der Waals surface area (Å²) in [5, 5.41) is 3.71. The molecule has 0 saturated carbocycles. The van der Waals surface area contributed by atoms with Crippen LogP contribution in [0.15, 0.2) is 27.4 Å². The van der Waals surface area contributed by atoms with Gasteiger partial charge in [0.2, 0.25) is 5.91 Å². The number of sulfone groups is 1. The van der Waals surface area contributed by atoms with Gasteiger partial charge in [-0.05, 0) is 61.6 Å². The first-order valence-electron chi connectivity index (χ1n) is 9.56. The van der Waals surface area contributed by atoms with Crippen LogP contribution < -0.4 is 10.9 Å². The predicted octanol–water partition coefficient (Wildman–Crippen LogP) is 1.02. The van der Waals surface area contributed by atoms with E-state index in [0.29, 0.717) is 18.5 Å². The summed E-state index contributed by atoms with van der Waals surface area (Å²) in [6, 6.07) is 5.25. The molecule has 2 heterocycles. The van der Waals surface area contributed by atoms with Gasteiger partial charge in [0, 0.05) is 24.0 Å². The smallest absolute Gasteiger partial charge is 0.336 e. The number of rotatable bonds is 5. The average molecular weight is 404 g/mol. The van der Waals surface area contributed by atoms with Crippen LogP contribution in [0.5, 0.6) is 0 Å². The van der Waals surface area contributed by atoms with Gasteiger partial charge in [-0.15, -0.1) is 0 Å². The van der Waals surface area contributed by atoms with Crippen molar-refractivity contribution < 1.29 is 17.6 Å². The van der Waals surface area contributed by atoms with Crippen molar-refractivity contribution in [3.05, 3.63) is 45.3 Å². The van der Waals surface area contributed by atoms with Gasteiger partial charge in [-0.1, -0.05) is 0 Å². The standard InChI is InChI=1S/C20H24N2O5S/c1-22(11-19(23)21-16-5-6-28(25,26)12-16)10-15-9-20(24)27-18-8-14-4-2-3-13(14)7-17(15)18/h7-9,16H,2-6,10-12H2,1H3,(H,21,23). The summed E-state index contributed by atoms with van der Waals surface area (Å²) < 4.78 is 28.4. The van der Waals surface area contributed by atoms with Gasteiger partial charge in [0.15, 0.2) is 9.84 Å². The van der Waals surface area contributed by atoms with Crippen molar-refractivity contribution in [2.75, 3.05) is 25.1 Å². The summed E-state index contributed by atoms with van der Waals surface area (Å²) in [6.45, 7) is 0.556. The zero-order valence-corrected chi connectivity index (χ0v) is 16.7. The summed E-state index contributed by atoms with van der Waals surface area (Å²) in [7, 11) is -1.22. The third-order valence-electron chi connectivity index (χ3n) is 5.49. The maximum atomic E-state index is 12.3. The summed E-state index contributed by atoms with van der Waals surface area (Å²) in [5.74, 6) is -0.0697. The van der Waals surface area contributed by atoms with Crippen LogP contribution in [0.2, 0.25) is 0 Å². The van der Waals surface area contributed by atoms with Crippen LogP contribution in [0.4, 0.5) is 0 Å². The number of likely N-dealkylation sites (N-methyl/N-ethyl adjacent to an activating group) is 1. The topological polar surface area (TPSA) is 96.7 Å². The lowest BCUT2D eigenvalue weighted by atomic mass is 10.0. The maximum absolute atomic E-state index is 12.3. The predicted molar refractivity (Wildman–Crippen MR) is 106 cm³/mol. The Morgan fingerprint density at radius 1 is 1.25 bits per heavy atom. The monoisotopic (exact) mass is 404 g/mol. The number of nitrogens with zero attached hydrogens (tertiary/aromatic N) is 1. The zero-order chi connectivity index (χ0) is 19.9. The Morgan fingerprint density at radius 3 is 2.71 bits per heavy atom. The molecule has 1 unspecified atom stereocenters. The number of nitrogens with one attached hydrogen (secondary N) is 1. The average Bonchev–Trinajstić information content (AvgIpc) is 3.18. The van der Waals surface area contributed by atoms with Crippen LogP contribution in [0.3, 0.4) is 0 Å².